The van der Waals surface area contributed by atoms with Crippen molar-refractivity contribution in [3.63, 3.8) is 0 Å². The van der Waals surface area contributed by atoms with Gasteiger partial charge in [-0.1, -0.05) is 43.7 Å². The van der Waals surface area contributed by atoms with Crippen LogP contribution in [0.2, 0.25) is 0 Å². The second-order valence-electron chi connectivity index (χ2n) is 5.32. The molecule has 1 heterocycles. The van der Waals surface area contributed by atoms with Crippen molar-refractivity contribution in [1.82, 2.24) is 4.90 Å². The van der Waals surface area contributed by atoms with Crippen LogP contribution in [0.3, 0.4) is 0 Å². The lowest BCUT2D eigenvalue weighted by atomic mass is 9.99. The highest BCUT2D eigenvalue weighted by molar-refractivity contribution is 5.19. The Morgan fingerprint density at radius 1 is 1.39 bits per heavy atom. The highest BCUT2D eigenvalue weighted by Crippen LogP contribution is 2.29. The normalized spacial score (nSPS) is 29.4. The lowest BCUT2D eigenvalue weighted by Crippen LogP contribution is -2.57. The maximum atomic E-state index is 6.31. The van der Waals surface area contributed by atoms with Gasteiger partial charge in [0.25, 0.3) is 0 Å². The van der Waals surface area contributed by atoms with Gasteiger partial charge in [-0.2, -0.15) is 0 Å². The van der Waals surface area contributed by atoms with E-state index in [9.17, 15) is 0 Å². The number of nitrogens with zero attached hydrogens (tertiary/aromatic N) is 1. The van der Waals surface area contributed by atoms with E-state index in [0.717, 1.165) is 25.8 Å². The van der Waals surface area contributed by atoms with Crippen LogP contribution in [0.15, 0.2) is 30.3 Å². The summed E-state index contributed by atoms with van der Waals surface area (Å²) in [4.78, 5) is 2.31. The summed E-state index contributed by atoms with van der Waals surface area (Å²) in [5.74, 6) is 0. The van der Waals surface area contributed by atoms with Gasteiger partial charge in [0.1, 0.15) is 5.72 Å². The fourth-order valence-electron chi connectivity index (χ4n) is 2.60. The first-order chi connectivity index (χ1) is 8.64. The molecule has 100 valence electrons. The minimum atomic E-state index is -0.462. The second kappa shape index (κ2) is 5.83. The summed E-state index contributed by atoms with van der Waals surface area (Å²) in [7, 11) is 2.13. The van der Waals surface area contributed by atoms with Gasteiger partial charge in [0.15, 0.2) is 0 Å². The topological polar surface area (TPSA) is 38.5 Å². The molecule has 0 spiro atoms. The lowest BCUT2D eigenvalue weighted by Gasteiger charge is -2.43. The predicted octanol–water partition coefficient (Wildman–Crippen LogP) is 2.53. The molecule has 0 aliphatic carbocycles. The summed E-state index contributed by atoms with van der Waals surface area (Å²) < 4.78 is 5.94. The number of hydrogen-bond acceptors (Lipinski definition) is 3. The third-order valence-electron chi connectivity index (χ3n) is 3.72. The van der Waals surface area contributed by atoms with E-state index < -0.39 is 5.72 Å². The largest absolute Gasteiger partial charge is 0.358 e. The van der Waals surface area contributed by atoms with Crippen molar-refractivity contribution in [2.75, 3.05) is 20.2 Å². The monoisotopic (exact) mass is 248 g/mol. The van der Waals surface area contributed by atoms with E-state index in [0.29, 0.717) is 12.6 Å². The van der Waals surface area contributed by atoms with Crippen molar-refractivity contribution in [3.05, 3.63) is 35.9 Å². The smallest absolute Gasteiger partial charge is 0.129 e. The molecular formula is C15H24N2O. The van der Waals surface area contributed by atoms with Crippen molar-refractivity contribution < 1.29 is 4.74 Å². The quantitative estimate of drug-likeness (QED) is 0.890. The molecule has 1 fully saturated rings. The molecule has 1 aliphatic rings. The summed E-state index contributed by atoms with van der Waals surface area (Å²) in [6.45, 7) is 3.66. The number of nitrogens with two attached hydrogens (primary N) is 1. The van der Waals surface area contributed by atoms with E-state index in [1.54, 1.807) is 0 Å². The van der Waals surface area contributed by atoms with Gasteiger partial charge in [0.05, 0.1) is 12.6 Å². The first kappa shape index (κ1) is 13.5. The number of unbranched alkanes of at least 4 members (excludes halogenated alkanes) is 1. The molecule has 0 saturated carbocycles. The number of ether oxygens (including phenoxy) is 1. The van der Waals surface area contributed by atoms with Gasteiger partial charge >= 0.3 is 0 Å². The van der Waals surface area contributed by atoms with Crippen LogP contribution in [0.25, 0.3) is 0 Å². The molecule has 1 aromatic rings. The summed E-state index contributed by atoms with van der Waals surface area (Å²) in [5.41, 5.74) is 7.15. The summed E-state index contributed by atoms with van der Waals surface area (Å²) >= 11 is 0. The fraction of sp³-hybridized carbons (Fsp3) is 0.600. The first-order valence-corrected chi connectivity index (χ1v) is 6.82. The Bertz CT molecular complexity index is 368. The Kier molecular flexibility index (Phi) is 4.38. The van der Waals surface area contributed by atoms with E-state index in [1.807, 2.05) is 6.07 Å². The van der Waals surface area contributed by atoms with E-state index in [4.69, 9.17) is 10.5 Å². The van der Waals surface area contributed by atoms with Gasteiger partial charge < -0.3 is 10.5 Å². The average Bonchev–Trinajstić information content (AvgIpc) is 2.38. The van der Waals surface area contributed by atoms with Gasteiger partial charge in [-0.15, -0.1) is 0 Å². The zero-order chi connectivity index (χ0) is 13.0. The van der Waals surface area contributed by atoms with Crippen molar-refractivity contribution in [2.24, 2.45) is 5.73 Å². The molecule has 1 saturated heterocycles. The zero-order valence-corrected chi connectivity index (χ0v) is 11.4. The van der Waals surface area contributed by atoms with Gasteiger partial charge in [0.2, 0.25) is 0 Å². The Hall–Kier alpha value is -0.900. The molecule has 1 aromatic carbocycles. The van der Waals surface area contributed by atoms with Gasteiger partial charge in [-0.25, -0.2) is 0 Å². The molecule has 1 aliphatic heterocycles. The number of likely N-dealkylation sites (N-methyl/N-ethyl adjacent to an activating group) is 1. The minimum absolute atomic E-state index is 0.324. The fourth-order valence-corrected chi connectivity index (χ4v) is 2.60. The highest BCUT2D eigenvalue weighted by atomic mass is 16.5. The van der Waals surface area contributed by atoms with Gasteiger partial charge in [-0.05, 0) is 25.5 Å². The van der Waals surface area contributed by atoms with E-state index in [2.05, 4.69) is 43.1 Å². The van der Waals surface area contributed by atoms with Crippen LogP contribution in [-0.4, -0.2) is 30.8 Å². The van der Waals surface area contributed by atoms with E-state index in [-0.39, 0.29) is 0 Å². The Balaban J connectivity index is 2.00. The van der Waals surface area contributed by atoms with Crippen LogP contribution in [0, 0.1) is 0 Å². The molecule has 0 unspecified atom stereocenters. The summed E-state index contributed by atoms with van der Waals surface area (Å²) in [6, 6.07) is 10.8. The summed E-state index contributed by atoms with van der Waals surface area (Å²) in [5, 5.41) is 0. The summed E-state index contributed by atoms with van der Waals surface area (Å²) in [6.07, 6.45) is 3.23. The molecular weight excluding hydrogens is 224 g/mol. The lowest BCUT2D eigenvalue weighted by molar-refractivity contribution is -0.130. The molecule has 0 bridgehead atoms. The van der Waals surface area contributed by atoms with E-state index in [1.165, 1.54) is 5.56 Å². The third-order valence-corrected chi connectivity index (χ3v) is 3.72. The standard InChI is InChI=1S/C15H24N2O/c1-3-4-10-15(16)12-17(2)14(11-18-15)13-8-6-5-7-9-13/h5-9,14H,3-4,10-12,16H2,1-2H3/t14-,15-/m0/s1. The van der Waals surface area contributed by atoms with Crippen LogP contribution in [0.1, 0.15) is 37.8 Å². The molecule has 2 atom stereocenters. The van der Waals surface area contributed by atoms with E-state index >= 15 is 0 Å². The number of rotatable bonds is 4. The number of benzene rings is 1. The van der Waals surface area contributed by atoms with Crippen molar-refractivity contribution >= 4 is 0 Å². The highest BCUT2D eigenvalue weighted by Gasteiger charge is 2.35. The molecule has 2 N–H and O–H groups in total. The maximum Gasteiger partial charge on any atom is 0.129 e. The molecule has 3 nitrogen and oxygen atoms in total. The third kappa shape index (κ3) is 3.10. The molecule has 0 amide bonds. The number of hydrogen-bond donors (Lipinski definition) is 1. The van der Waals surface area contributed by atoms with Crippen molar-refractivity contribution in [1.29, 1.82) is 0 Å². The molecule has 18 heavy (non-hydrogen) atoms. The van der Waals surface area contributed by atoms with Crippen LogP contribution >= 0.6 is 0 Å². The van der Waals surface area contributed by atoms with Crippen LogP contribution in [-0.2, 0) is 4.74 Å². The molecule has 2 rings (SSSR count). The number of morpholine rings is 1. The average molecular weight is 248 g/mol. The zero-order valence-electron chi connectivity index (χ0n) is 11.4. The molecule has 0 radical (unpaired) electrons. The SMILES string of the molecule is CCCC[C@@]1(N)CN(C)[C@H](c2ccccc2)CO1. The molecule has 0 aromatic heterocycles. The maximum absolute atomic E-state index is 6.31. The predicted molar refractivity (Wildman–Crippen MR) is 74.2 cm³/mol. The van der Waals surface area contributed by atoms with Crippen LogP contribution in [0.5, 0.6) is 0 Å². The first-order valence-electron chi connectivity index (χ1n) is 6.82. The van der Waals surface area contributed by atoms with Crippen molar-refractivity contribution in [3.8, 4) is 0 Å². The van der Waals surface area contributed by atoms with Crippen molar-refractivity contribution in [2.45, 2.75) is 38.0 Å². The van der Waals surface area contributed by atoms with Crippen LogP contribution in [0.4, 0.5) is 0 Å². The second-order valence-corrected chi connectivity index (χ2v) is 5.32. The minimum Gasteiger partial charge on any atom is -0.358 e. The Labute approximate surface area is 110 Å². The Morgan fingerprint density at radius 3 is 2.72 bits per heavy atom. The molecule has 3 heteroatoms. The van der Waals surface area contributed by atoms with Gasteiger partial charge in [0, 0.05) is 6.54 Å². The van der Waals surface area contributed by atoms with Gasteiger partial charge in [-0.3, -0.25) is 4.90 Å². The van der Waals surface area contributed by atoms with Crippen LogP contribution < -0.4 is 5.73 Å². The Morgan fingerprint density at radius 2 is 2.11 bits per heavy atom.